The van der Waals surface area contributed by atoms with Crippen LogP contribution in [0.25, 0.3) is 0 Å². The molecule has 0 saturated carbocycles. The maximum atomic E-state index is 11.3. The van der Waals surface area contributed by atoms with Gasteiger partial charge in [-0.25, -0.2) is 0 Å². The van der Waals surface area contributed by atoms with Crippen molar-refractivity contribution in [3.05, 3.63) is 0 Å². The third-order valence-electron chi connectivity index (χ3n) is 1.51. The zero-order valence-corrected chi connectivity index (χ0v) is 11.5. The first-order valence-corrected chi connectivity index (χ1v) is 8.05. The van der Waals surface area contributed by atoms with Crippen LogP contribution in [-0.2, 0) is 28.6 Å². The van der Waals surface area contributed by atoms with Crippen molar-refractivity contribution in [3.8, 4) is 0 Å². The largest absolute Gasteiger partial charge is 0.284 e. The van der Waals surface area contributed by atoms with Crippen LogP contribution in [0.5, 0.6) is 0 Å². The Morgan fingerprint density at radius 1 is 0.938 bits per heavy atom. The van der Waals surface area contributed by atoms with Crippen molar-refractivity contribution >= 4 is 20.2 Å². The third kappa shape index (κ3) is 7.15. The molecular weight excluding hydrogens is 256 g/mol. The molecule has 0 spiro atoms. The van der Waals surface area contributed by atoms with Gasteiger partial charge in [-0.2, -0.15) is 16.8 Å². The molecule has 6 nitrogen and oxygen atoms in total. The van der Waals surface area contributed by atoms with E-state index in [0.717, 1.165) is 0 Å². The fraction of sp³-hybridized carbons (Fsp3) is 1.00. The second-order valence-corrected chi connectivity index (χ2v) is 7.25. The topological polar surface area (TPSA) is 86.7 Å². The number of hydrogen-bond acceptors (Lipinski definition) is 6. The average molecular weight is 274 g/mol. The predicted molar refractivity (Wildman–Crippen MR) is 59.8 cm³/mol. The van der Waals surface area contributed by atoms with Crippen molar-refractivity contribution < 1.29 is 25.2 Å². The zero-order valence-electron chi connectivity index (χ0n) is 9.83. The highest BCUT2D eigenvalue weighted by atomic mass is 32.3. The van der Waals surface area contributed by atoms with Gasteiger partial charge >= 0.3 is 0 Å². The van der Waals surface area contributed by atoms with Crippen LogP contribution >= 0.6 is 0 Å². The second-order valence-electron chi connectivity index (χ2n) is 3.69. The van der Waals surface area contributed by atoms with Gasteiger partial charge in [0.05, 0.1) is 12.2 Å². The normalized spacial score (nSPS) is 15.3. The summed E-state index contributed by atoms with van der Waals surface area (Å²) in [4.78, 5) is 0. The summed E-state index contributed by atoms with van der Waals surface area (Å²) in [6, 6.07) is 0. The molecule has 0 bridgehead atoms. The quantitative estimate of drug-likeness (QED) is 0.639. The second kappa shape index (κ2) is 5.95. The zero-order chi connectivity index (χ0) is 13.0. The van der Waals surface area contributed by atoms with Crippen LogP contribution in [0.3, 0.4) is 0 Å². The summed E-state index contributed by atoms with van der Waals surface area (Å²) in [5.41, 5.74) is 0. The first-order chi connectivity index (χ1) is 7.08. The molecule has 0 aromatic heterocycles. The van der Waals surface area contributed by atoms with Gasteiger partial charge in [0.25, 0.3) is 20.2 Å². The van der Waals surface area contributed by atoms with Gasteiger partial charge in [0.1, 0.15) is 0 Å². The minimum Gasteiger partial charge on any atom is -0.267 e. The fourth-order valence-corrected chi connectivity index (χ4v) is 3.93. The minimum absolute atomic E-state index is 0.477. The molecule has 1 unspecified atom stereocenters. The van der Waals surface area contributed by atoms with Crippen molar-refractivity contribution in [3.63, 3.8) is 0 Å². The maximum Gasteiger partial charge on any atom is 0.284 e. The van der Waals surface area contributed by atoms with Crippen molar-refractivity contribution in [1.82, 2.24) is 0 Å². The van der Waals surface area contributed by atoms with Gasteiger partial charge in [0.15, 0.2) is 0 Å². The van der Waals surface area contributed by atoms with E-state index in [2.05, 4.69) is 8.37 Å². The van der Waals surface area contributed by atoms with Gasteiger partial charge in [0.2, 0.25) is 5.08 Å². The standard InChI is InChI=1S/C8H18O6S2/c1-5-8(4)14-16(11,12)6-15(9,10)13-7(2)3/h7-8H,5-6H2,1-4H3. The van der Waals surface area contributed by atoms with Gasteiger partial charge in [0, 0.05) is 0 Å². The molecule has 0 aliphatic carbocycles. The Morgan fingerprint density at radius 3 is 1.75 bits per heavy atom. The van der Waals surface area contributed by atoms with E-state index < -0.39 is 37.5 Å². The van der Waals surface area contributed by atoms with Crippen molar-refractivity contribution in [1.29, 1.82) is 0 Å². The summed E-state index contributed by atoms with van der Waals surface area (Å²) >= 11 is 0. The number of rotatable bonds is 7. The van der Waals surface area contributed by atoms with E-state index in [9.17, 15) is 16.8 Å². The Bertz CT molecular complexity index is 394. The highest BCUT2D eigenvalue weighted by Gasteiger charge is 2.26. The SMILES string of the molecule is CCC(C)OS(=O)(=O)CS(=O)(=O)OC(C)C. The Hall–Kier alpha value is -0.180. The van der Waals surface area contributed by atoms with Crippen LogP contribution in [0.2, 0.25) is 0 Å². The molecule has 8 heteroatoms. The molecule has 16 heavy (non-hydrogen) atoms. The smallest absolute Gasteiger partial charge is 0.267 e. The monoisotopic (exact) mass is 274 g/mol. The summed E-state index contributed by atoms with van der Waals surface area (Å²) in [7, 11) is -8.21. The molecule has 0 aliphatic heterocycles. The lowest BCUT2D eigenvalue weighted by atomic mass is 10.3. The molecule has 1 atom stereocenters. The Kier molecular flexibility index (Phi) is 5.88. The maximum absolute atomic E-state index is 11.3. The summed E-state index contributed by atoms with van der Waals surface area (Å²) in [6.07, 6.45) is -0.660. The van der Waals surface area contributed by atoms with E-state index in [-0.39, 0.29) is 0 Å². The van der Waals surface area contributed by atoms with Crippen LogP contribution in [-0.4, -0.2) is 34.1 Å². The molecule has 98 valence electrons. The Labute approximate surface area is 97.2 Å². The molecule has 0 heterocycles. The van der Waals surface area contributed by atoms with Crippen LogP contribution in [0, 0.1) is 0 Å². The van der Waals surface area contributed by atoms with Gasteiger partial charge in [-0.1, -0.05) is 6.92 Å². The molecule has 0 aliphatic rings. The van der Waals surface area contributed by atoms with Crippen molar-refractivity contribution in [2.45, 2.75) is 46.3 Å². The third-order valence-corrected chi connectivity index (χ3v) is 5.12. The molecule has 0 fully saturated rings. The predicted octanol–water partition coefficient (Wildman–Crippen LogP) is 0.844. The molecular formula is C8H18O6S2. The molecule has 0 radical (unpaired) electrons. The van der Waals surface area contributed by atoms with Crippen LogP contribution < -0.4 is 0 Å². The summed E-state index contributed by atoms with van der Waals surface area (Å²) < 4.78 is 54.2. The van der Waals surface area contributed by atoms with E-state index in [0.29, 0.717) is 6.42 Å². The van der Waals surface area contributed by atoms with Crippen LogP contribution in [0.1, 0.15) is 34.1 Å². The molecule has 0 aromatic carbocycles. The average Bonchev–Trinajstić information content (AvgIpc) is 1.97. The molecule has 0 aromatic rings. The van der Waals surface area contributed by atoms with E-state index >= 15 is 0 Å². The van der Waals surface area contributed by atoms with E-state index in [1.54, 1.807) is 13.8 Å². The van der Waals surface area contributed by atoms with Gasteiger partial charge in [-0.05, 0) is 27.2 Å². The van der Waals surface area contributed by atoms with Crippen molar-refractivity contribution in [2.75, 3.05) is 5.08 Å². The van der Waals surface area contributed by atoms with E-state index in [1.165, 1.54) is 13.8 Å². The lowest BCUT2D eigenvalue weighted by Gasteiger charge is -2.12. The Balaban J connectivity index is 4.60. The van der Waals surface area contributed by atoms with E-state index in [4.69, 9.17) is 0 Å². The molecule has 0 amide bonds. The highest BCUT2D eigenvalue weighted by molar-refractivity contribution is 8.03. The molecule has 0 saturated heterocycles. The first-order valence-electron chi connectivity index (χ1n) is 4.90. The Morgan fingerprint density at radius 2 is 1.38 bits per heavy atom. The lowest BCUT2D eigenvalue weighted by Crippen LogP contribution is -2.25. The van der Waals surface area contributed by atoms with Gasteiger partial charge in [-0.15, -0.1) is 0 Å². The van der Waals surface area contributed by atoms with Gasteiger partial charge < -0.3 is 0 Å². The lowest BCUT2D eigenvalue weighted by molar-refractivity contribution is 0.224. The fourth-order valence-electron chi connectivity index (χ4n) is 0.844. The van der Waals surface area contributed by atoms with Crippen molar-refractivity contribution in [2.24, 2.45) is 0 Å². The summed E-state index contributed by atoms with van der Waals surface area (Å²) in [5, 5.41) is -1.15. The molecule has 0 N–H and O–H groups in total. The van der Waals surface area contributed by atoms with Crippen LogP contribution in [0.15, 0.2) is 0 Å². The van der Waals surface area contributed by atoms with E-state index in [1.807, 2.05) is 0 Å². The highest BCUT2D eigenvalue weighted by Crippen LogP contribution is 2.09. The first kappa shape index (κ1) is 15.8. The van der Waals surface area contributed by atoms with Crippen LogP contribution in [0.4, 0.5) is 0 Å². The summed E-state index contributed by atoms with van der Waals surface area (Å²) in [5.74, 6) is 0. The minimum atomic E-state index is -4.11. The molecule has 0 rings (SSSR count). The van der Waals surface area contributed by atoms with Gasteiger partial charge in [-0.3, -0.25) is 8.37 Å². The number of hydrogen-bond donors (Lipinski definition) is 0. The summed E-state index contributed by atoms with van der Waals surface area (Å²) in [6.45, 7) is 6.28.